The van der Waals surface area contributed by atoms with Crippen LogP contribution in [0.25, 0.3) is 0 Å². The quantitative estimate of drug-likeness (QED) is 0.796. The van der Waals surface area contributed by atoms with Crippen molar-refractivity contribution in [2.45, 2.75) is 64.0 Å². The second-order valence-corrected chi connectivity index (χ2v) is 8.65. The number of likely N-dealkylation sites (tertiary alicyclic amines) is 1. The molecule has 0 aromatic heterocycles. The molecule has 4 rings (SSSR count). The highest BCUT2D eigenvalue weighted by Gasteiger charge is 2.71. The monoisotopic (exact) mass is 342 g/mol. The molecule has 0 aromatic carbocycles. The van der Waals surface area contributed by atoms with Crippen molar-refractivity contribution in [2.24, 2.45) is 28.9 Å². The van der Waals surface area contributed by atoms with Crippen LogP contribution in [0.5, 0.6) is 0 Å². The number of hydrogen-bond acceptors (Lipinski definition) is 3. The third kappa shape index (κ3) is 2.28. The van der Waals surface area contributed by atoms with E-state index in [-0.39, 0.29) is 35.8 Å². The average Bonchev–Trinajstić information content (AvgIpc) is 2.97. The molecule has 2 aliphatic carbocycles. The summed E-state index contributed by atoms with van der Waals surface area (Å²) in [7, 11) is 0. The van der Waals surface area contributed by atoms with Gasteiger partial charge in [0.1, 0.15) is 5.54 Å². The van der Waals surface area contributed by atoms with Crippen LogP contribution in [0.1, 0.15) is 52.4 Å². The van der Waals surface area contributed by atoms with Gasteiger partial charge in [-0.3, -0.25) is 4.79 Å². The number of halogens is 1. The fourth-order valence-corrected chi connectivity index (χ4v) is 5.84. The molecular weight excluding hydrogens is 312 g/mol. The van der Waals surface area contributed by atoms with E-state index in [9.17, 15) is 4.79 Å². The lowest BCUT2D eigenvalue weighted by molar-refractivity contribution is -0.229. The number of rotatable bonds is 1. The molecule has 5 heteroatoms. The summed E-state index contributed by atoms with van der Waals surface area (Å²) in [5.41, 5.74) is 5.81. The predicted octanol–water partition coefficient (Wildman–Crippen LogP) is 2.59. The third-order valence-corrected chi connectivity index (χ3v) is 7.30. The highest BCUT2D eigenvalue weighted by atomic mass is 35.5. The van der Waals surface area contributed by atoms with Crippen molar-refractivity contribution in [3.05, 3.63) is 0 Å². The number of nitrogens with two attached hydrogens (primary N) is 1. The average molecular weight is 343 g/mol. The third-order valence-electron chi connectivity index (χ3n) is 7.30. The number of ether oxygens (including phenoxy) is 1. The molecule has 0 aromatic rings. The number of hydrogen-bond donors (Lipinski definition) is 1. The van der Waals surface area contributed by atoms with Crippen LogP contribution < -0.4 is 5.73 Å². The first-order valence-electron chi connectivity index (χ1n) is 9.16. The second-order valence-electron chi connectivity index (χ2n) is 8.65. The van der Waals surface area contributed by atoms with Crippen LogP contribution in [0.3, 0.4) is 0 Å². The summed E-state index contributed by atoms with van der Waals surface area (Å²) in [6.07, 6.45) is 7.50. The highest BCUT2D eigenvalue weighted by molar-refractivity contribution is 5.90. The van der Waals surface area contributed by atoms with E-state index in [1.54, 1.807) is 0 Å². The topological polar surface area (TPSA) is 55.6 Å². The smallest absolute Gasteiger partial charge is 0.243 e. The Kier molecular flexibility index (Phi) is 4.48. The van der Waals surface area contributed by atoms with Gasteiger partial charge in [-0.25, -0.2) is 0 Å². The molecule has 0 spiro atoms. The van der Waals surface area contributed by atoms with Gasteiger partial charge in [-0.1, -0.05) is 26.7 Å². The summed E-state index contributed by atoms with van der Waals surface area (Å²) in [6, 6.07) is 0. The zero-order chi connectivity index (χ0) is 15.5. The van der Waals surface area contributed by atoms with E-state index in [4.69, 9.17) is 10.5 Å². The van der Waals surface area contributed by atoms with E-state index in [0.29, 0.717) is 0 Å². The summed E-state index contributed by atoms with van der Waals surface area (Å²) in [6.45, 7) is 6.96. The van der Waals surface area contributed by atoms with Crippen LogP contribution >= 0.6 is 12.4 Å². The molecule has 132 valence electrons. The fraction of sp³-hybridized carbons (Fsp3) is 0.944. The van der Waals surface area contributed by atoms with Gasteiger partial charge in [-0.05, 0) is 37.5 Å². The van der Waals surface area contributed by atoms with Gasteiger partial charge in [0.05, 0.1) is 6.10 Å². The van der Waals surface area contributed by atoms with Gasteiger partial charge in [0.15, 0.2) is 0 Å². The van der Waals surface area contributed by atoms with Crippen molar-refractivity contribution in [2.75, 3.05) is 19.7 Å². The van der Waals surface area contributed by atoms with Crippen molar-refractivity contribution >= 4 is 18.3 Å². The van der Waals surface area contributed by atoms with Crippen LogP contribution in [-0.4, -0.2) is 42.1 Å². The van der Waals surface area contributed by atoms with Crippen molar-refractivity contribution < 1.29 is 9.53 Å². The Hall–Kier alpha value is -0.320. The Morgan fingerprint density at radius 1 is 1.09 bits per heavy atom. The number of fused-ring (bicyclic) bond motifs is 2. The molecule has 2 saturated carbocycles. The van der Waals surface area contributed by atoms with Gasteiger partial charge < -0.3 is 15.4 Å². The number of carbonyl (C=O) groups excluding carboxylic acids is 1. The lowest BCUT2D eigenvalue weighted by Gasteiger charge is -2.65. The zero-order valence-corrected chi connectivity index (χ0v) is 15.2. The van der Waals surface area contributed by atoms with Crippen molar-refractivity contribution in [3.63, 3.8) is 0 Å². The van der Waals surface area contributed by atoms with Gasteiger partial charge in [-0.2, -0.15) is 0 Å². The molecule has 2 N–H and O–H groups in total. The summed E-state index contributed by atoms with van der Waals surface area (Å²) in [4.78, 5) is 15.4. The summed E-state index contributed by atoms with van der Waals surface area (Å²) in [5.74, 6) is 1.87. The predicted molar refractivity (Wildman–Crippen MR) is 92.4 cm³/mol. The highest BCUT2D eigenvalue weighted by Crippen LogP contribution is 2.58. The Bertz CT molecular complexity index is 470. The van der Waals surface area contributed by atoms with Crippen molar-refractivity contribution in [3.8, 4) is 0 Å². The molecule has 4 aliphatic rings. The van der Waals surface area contributed by atoms with Crippen LogP contribution in [0.4, 0.5) is 0 Å². The maximum atomic E-state index is 13.3. The maximum absolute atomic E-state index is 13.3. The molecule has 5 atom stereocenters. The van der Waals surface area contributed by atoms with E-state index < -0.39 is 5.54 Å². The normalized spacial score (nSPS) is 44.6. The standard InChI is InChI=1S/C18H30N2O2.ClH/c1-17(2)15-14(8-5-9-22-15)18(17,19)16(21)20-10-12-6-3-4-7-13(12)11-20;/h12-15H,3-11,19H2,1-2H3;1H. The van der Waals surface area contributed by atoms with Crippen molar-refractivity contribution in [1.29, 1.82) is 0 Å². The number of amides is 1. The lowest BCUT2D eigenvalue weighted by atomic mass is 9.46. The minimum atomic E-state index is -0.717. The first kappa shape index (κ1) is 17.5. The van der Waals surface area contributed by atoms with Gasteiger partial charge in [-0.15, -0.1) is 12.4 Å². The van der Waals surface area contributed by atoms with Crippen LogP contribution in [-0.2, 0) is 9.53 Å². The van der Waals surface area contributed by atoms with E-state index in [1.807, 2.05) is 0 Å². The SMILES string of the molecule is CC1(C)C2OCCCC2C1(N)C(=O)N1CC2CCCCC2C1.Cl. The summed E-state index contributed by atoms with van der Waals surface area (Å²) < 4.78 is 5.94. The van der Waals surface area contributed by atoms with Gasteiger partial charge in [0.25, 0.3) is 0 Å². The largest absolute Gasteiger partial charge is 0.377 e. The first-order valence-corrected chi connectivity index (χ1v) is 9.16. The Morgan fingerprint density at radius 3 is 2.30 bits per heavy atom. The molecule has 2 aliphatic heterocycles. The van der Waals surface area contributed by atoms with E-state index in [1.165, 1.54) is 25.7 Å². The fourth-order valence-electron chi connectivity index (χ4n) is 5.84. The number of carbonyl (C=O) groups is 1. The second kappa shape index (κ2) is 5.89. The maximum Gasteiger partial charge on any atom is 0.243 e. The first-order chi connectivity index (χ1) is 10.5. The molecule has 4 fully saturated rings. The minimum absolute atomic E-state index is 0. The Balaban J connectivity index is 0.00000156. The molecule has 1 amide bonds. The minimum Gasteiger partial charge on any atom is -0.377 e. The van der Waals surface area contributed by atoms with Gasteiger partial charge in [0, 0.05) is 31.0 Å². The summed E-state index contributed by atoms with van der Waals surface area (Å²) in [5, 5.41) is 0. The van der Waals surface area contributed by atoms with E-state index in [0.717, 1.165) is 44.4 Å². The molecular formula is C18H31ClN2O2. The van der Waals surface area contributed by atoms with Crippen LogP contribution in [0.2, 0.25) is 0 Å². The van der Waals surface area contributed by atoms with Crippen LogP contribution in [0.15, 0.2) is 0 Å². The molecule has 4 nitrogen and oxygen atoms in total. The molecule has 5 unspecified atom stereocenters. The van der Waals surface area contributed by atoms with E-state index >= 15 is 0 Å². The van der Waals surface area contributed by atoms with Gasteiger partial charge in [0.2, 0.25) is 5.91 Å². The zero-order valence-electron chi connectivity index (χ0n) is 14.4. The Morgan fingerprint density at radius 2 is 1.70 bits per heavy atom. The molecule has 2 saturated heterocycles. The summed E-state index contributed by atoms with van der Waals surface area (Å²) >= 11 is 0. The molecule has 2 heterocycles. The van der Waals surface area contributed by atoms with Gasteiger partial charge >= 0.3 is 0 Å². The lowest BCUT2D eigenvalue weighted by Crippen LogP contribution is -2.82. The Labute approximate surface area is 145 Å². The van der Waals surface area contributed by atoms with Crippen molar-refractivity contribution in [1.82, 2.24) is 4.90 Å². The number of nitrogens with zero attached hydrogens (tertiary/aromatic N) is 1. The molecule has 0 radical (unpaired) electrons. The van der Waals surface area contributed by atoms with Crippen LogP contribution in [0, 0.1) is 23.2 Å². The molecule has 23 heavy (non-hydrogen) atoms. The van der Waals surface area contributed by atoms with E-state index in [2.05, 4.69) is 18.7 Å². The molecule has 0 bridgehead atoms.